The van der Waals surface area contributed by atoms with Gasteiger partial charge in [-0.05, 0) is 12.8 Å². The third kappa shape index (κ3) is 2.52. The van der Waals surface area contributed by atoms with E-state index in [-0.39, 0.29) is 18.7 Å². The van der Waals surface area contributed by atoms with Gasteiger partial charge in [-0.3, -0.25) is 0 Å². The normalized spacial score (nSPS) is 20.4. The lowest BCUT2D eigenvalue weighted by Crippen LogP contribution is -2.31. The Bertz CT molecular complexity index is 392. The molecule has 0 spiro atoms. The Labute approximate surface area is 95.6 Å². The van der Waals surface area contributed by atoms with Gasteiger partial charge in [-0.1, -0.05) is 0 Å². The van der Waals surface area contributed by atoms with Crippen molar-refractivity contribution in [3.63, 3.8) is 0 Å². The number of benzene rings is 1. The second kappa shape index (κ2) is 4.91. The molecule has 1 aromatic carbocycles. The van der Waals surface area contributed by atoms with Crippen LogP contribution in [0.3, 0.4) is 0 Å². The SMILES string of the molecule is Fc1cc(F)c(F)c(NC2CCCOC2)c1F. The van der Waals surface area contributed by atoms with Gasteiger partial charge in [0.2, 0.25) is 0 Å². The van der Waals surface area contributed by atoms with E-state index in [1.165, 1.54) is 0 Å². The number of halogens is 4. The van der Waals surface area contributed by atoms with Crippen molar-refractivity contribution in [1.29, 1.82) is 0 Å². The van der Waals surface area contributed by atoms with Gasteiger partial charge in [-0.15, -0.1) is 0 Å². The Morgan fingerprint density at radius 2 is 1.76 bits per heavy atom. The number of anilines is 1. The first-order valence-electron chi connectivity index (χ1n) is 5.27. The minimum absolute atomic E-state index is 0.188. The van der Waals surface area contributed by atoms with Gasteiger partial charge < -0.3 is 10.1 Å². The van der Waals surface area contributed by atoms with Crippen LogP contribution in [0.1, 0.15) is 12.8 Å². The minimum Gasteiger partial charge on any atom is -0.379 e. The molecule has 1 aliphatic heterocycles. The topological polar surface area (TPSA) is 21.3 Å². The maximum absolute atomic E-state index is 13.3. The van der Waals surface area contributed by atoms with E-state index in [0.717, 1.165) is 6.42 Å². The molecule has 0 saturated carbocycles. The van der Waals surface area contributed by atoms with E-state index in [1.54, 1.807) is 0 Å². The Morgan fingerprint density at radius 3 is 2.29 bits per heavy atom. The zero-order chi connectivity index (χ0) is 12.4. The van der Waals surface area contributed by atoms with Gasteiger partial charge in [0, 0.05) is 18.7 Å². The van der Waals surface area contributed by atoms with Gasteiger partial charge in [0.25, 0.3) is 0 Å². The van der Waals surface area contributed by atoms with Gasteiger partial charge >= 0.3 is 0 Å². The standard InChI is InChI=1S/C11H11F4NO/c12-7-4-8(13)10(15)11(9(7)14)16-6-2-1-3-17-5-6/h4,6,16H,1-3,5H2. The van der Waals surface area contributed by atoms with E-state index in [0.29, 0.717) is 13.0 Å². The molecule has 0 radical (unpaired) electrons. The summed E-state index contributed by atoms with van der Waals surface area (Å²) in [5, 5.41) is 2.44. The quantitative estimate of drug-likeness (QED) is 0.642. The van der Waals surface area contributed by atoms with Gasteiger partial charge in [0.05, 0.1) is 6.61 Å². The average molecular weight is 249 g/mol. The summed E-state index contributed by atoms with van der Waals surface area (Å²) in [6.07, 6.45) is 1.37. The lowest BCUT2D eigenvalue weighted by molar-refractivity contribution is 0.0874. The molecule has 0 aromatic heterocycles. The number of hydrogen-bond acceptors (Lipinski definition) is 2. The molecule has 94 valence electrons. The number of nitrogens with one attached hydrogen (secondary N) is 1. The van der Waals surface area contributed by atoms with Crippen molar-refractivity contribution in [3.05, 3.63) is 29.3 Å². The van der Waals surface area contributed by atoms with Crippen LogP contribution in [0, 0.1) is 23.3 Å². The predicted molar refractivity (Wildman–Crippen MR) is 53.7 cm³/mol. The van der Waals surface area contributed by atoms with E-state index in [2.05, 4.69) is 5.32 Å². The minimum atomic E-state index is -1.41. The smallest absolute Gasteiger partial charge is 0.185 e. The van der Waals surface area contributed by atoms with E-state index in [4.69, 9.17) is 4.74 Å². The summed E-state index contributed by atoms with van der Waals surface area (Å²) in [5.41, 5.74) is -0.766. The zero-order valence-corrected chi connectivity index (χ0v) is 8.90. The Hall–Kier alpha value is -1.30. The van der Waals surface area contributed by atoms with Crippen molar-refractivity contribution in [2.24, 2.45) is 0 Å². The highest BCUT2D eigenvalue weighted by molar-refractivity contribution is 5.48. The highest BCUT2D eigenvalue weighted by Crippen LogP contribution is 2.25. The Balaban J connectivity index is 2.24. The zero-order valence-electron chi connectivity index (χ0n) is 8.90. The second-order valence-electron chi connectivity index (χ2n) is 3.90. The van der Waals surface area contributed by atoms with Crippen molar-refractivity contribution >= 4 is 5.69 Å². The molecule has 1 unspecified atom stereocenters. The average Bonchev–Trinajstić information content (AvgIpc) is 2.33. The molecule has 2 rings (SSSR count). The fourth-order valence-electron chi connectivity index (χ4n) is 1.76. The lowest BCUT2D eigenvalue weighted by Gasteiger charge is -2.24. The predicted octanol–water partition coefficient (Wildman–Crippen LogP) is 2.83. The number of ether oxygens (including phenoxy) is 1. The summed E-state index contributed by atoms with van der Waals surface area (Å²) >= 11 is 0. The highest BCUT2D eigenvalue weighted by Gasteiger charge is 2.22. The van der Waals surface area contributed by atoms with E-state index < -0.39 is 29.0 Å². The second-order valence-corrected chi connectivity index (χ2v) is 3.90. The van der Waals surface area contributed by atoms with Crippen molar-refractivity contribution in [3.8, 4) is 0 Å². The molecule has 6 heteroatoms. The molecule has 0 bridgehead atoms. The van der Waals surface area contributed by atoms with Gasteiger partial charge in [-0.2, -0.15) is 0 Å². The summed E-state index contributed by atoms with van der Waals surface area (Å²) in [6, 6.07) is -0.151. The van der Waals surface area contributed by atoms with Crippen LogP contribution < -0.4 is 5.32 Å². The molecule has 1 aromatic rings. The van der Waals surface area contributed by atoms with Crippen LogP contribution in [0.25, 0.3) is 0 Å². The molecule has 1 heterocycles. The van der Waals surface area contributed by atoms with E-state index >= 15 is 0 Å². The monoisotopic (exact) mass is 249 g/mol. The summed E-state index contributed by atoms with van der Waals surface area (Å²) in [4.78, 5) is 0. The first-order chi connectivity index (χ1) is 8.09. The fraction of sp³-hybridized carbons (Fsp3) is 0.455. The van der Waals surface area contributed by atoms with Gasteiger partial charge in [-0.25, -0.2) is 17.6 Å². The Morgan fingerprint density at radius 1 is 1.12 bits per heavy atom. The molecule has 0 amide bonds. The summed E-state index contributed by atoms with van der Waals surface area (Å²) in [7, 11) is 0. The summed E-state index contributed by atoms with van der Waals surface area (Å²) < 4.78 is 57.6. The van der Waals surface area contributed by atoms with Gasteiger partial charge in [0.15, 0.2) is 23.3 Å². The highest BCUT2D eigenvalue weighted by atomic mass is 19.2. The first kappa shape index (κ1) is 12.2. The molecule has 2 nitrogen and oxygen atoms in total. The van der Waals surface area contributed by atoms with Crippen molar-refractivity contribution < 1.29 is 22.3 Å². The molecule has 1 fully saturated rings. The first-order valence-corrected chi connectivity index (χ1v) is 5.27. The molecule has 1 saturated heterocycles. The van der Waals surface area contributed by atoms with Crippen LogP contribution in [0.5, 0.6) is 0 Å². The molecule has 1 atom stereocenters. The van der Waals surface area contributed by atoms with E-state index in [1.807, 2.05) is 0 Å². The third-order valence-corrected chi connectivity index (χ3v) is 2.62. The molecular weight excluding hydrogens is 238 g/mol. The van der Waals surface area contributed by atoms with Crippen molar-refractivity contribution in [2.45, 2.75) is 18.9 Å². The van der Waals surface area contributed by atoms with Crippen LogP contribution in [0.15, 0.2) is 6.07 Å². The molecule has 1 N–H and O–H groups in total. The van der Waals surface area contributed by atoms with Crippen LogP contribution >= 0.6 is 0 Å². The van der Waals surface area contributed by atoms with Crippen molar-refractivity contribution in [1.82, 2.24) is 0 Å². The maximum atomic E-state index is 13.3. The van der Waals surface area contributed by atoms with Crippen LogP contribution in [0.4, 0.5) is 23.2 Å². The lowest BCUT2D eigenvalue weighted by atomic mass is 10.1. The Kier molecular flexibility index (Phi) is 3.51. The van der Waals surface area contributed by atoms with Crippen LogP contribution in [-0.2, 0) is 4.74 Å². The maximum Gasteiger partial charge on any atom is 0.185 e. The number of hydrogen-bond donors (Lipinski definition) is 1. The third-order valence-electron chi connectivity index (χ3n) is 2.62. The molecule has 17 heavy (non-hydrogen) atoms. The summed E-state index contributed by atoms with van der Waals surface area (Å²) in [6.45, 7) is 0.845. The van der Waals surface area contributed by atoms with Gasteiger partial charge in [0.1, 0.15) is 5.69 Å². The van der Waals surface area contributed by atoms with Crippen LogP contribution in [-0.4, -0.2) is 19.3 Å². The van der Waals surface area contributed by atoms with E-state index in [9.17, 15) is 17.6 Å². The summed E-state index contributed by atoms with van der Waals surface area (Å²) in [5.74, 6) is -5.64. The fourth-order valence-corrected chi connectivity index (χ4v) is 1.76. The number of rotatable bonds is 2. The molecule has 0 aliphatic carbocycles. The van der Waals surface area contributed by atoms with Crippen molar-refractivity contribution in [2.75, 3.05) is 18.5 Å². The largest absolute Gasteiger partial charge is 0.379 e. The molecule has 1 aliphatic rings. The molecular formula is C11H11F4NO. The van der Waals surface area contributed by atoms with Crippen LogP contribution in [0.2, 0.25) is 0 Å².